The van der Waals surface area contributed by atoms with E-state index in [-0.39, 0.29) is 24.6 Å². The van der Waals surface area contributed by atoms with Crippen molar-refractivity contribution in [2.24, 2.45) is 0 Å². The lowest BCUT2D eigenvalue weighted by Crippen LogP contribution is -2.50. The molecule has 5 nitrogen and oxygen atoms in total. The van der Waals surface area contributed by atoms with E-state index in [1.165, 1.54) is 11.5 Å². The molecule has 1 aromatic carbocycles. The molecule has 4 rings (SSSR count). The zero-order chi connectivity index (χ0) is 16.7. The summed E-state index contributed by atoms with van der Waals surface area (Å²) < 4.78 is 31.4. The van der Waals surface area contributed by atoms with E-state index in [0.29, 0.717) is 19.0 Å². The van der Waals surface area contributed by atoms with Gasteiger partial charge in [-0.15, -0.1) is 0 Å². The van der Waals surface area contributed by atoms with E-state index in [9.17, 15) is 13.6 Å². The molecule has 0 N–H and O–H groups in total. The number of carbonyl (C=O) groups is 1. The molecule has 0 atom stereocenters. The molecular formula is C16H16F2N4OS. The minimum Gasteiger partial charge on any atom is -0.336 e. The van der Waals surface area contributed by atoms with Crippen molar-refractivity contribution < 1.29 is 13.6 Å². The topological polar surface area (TPSA) is 49.3 Å². The molecule has 1 saturated heterocycles. The second-order valence-electron chi connectivity index (χ2n) is 6.18. The molecule has 8 heteroatoms. The fraction of sp³-hybridized carbons (Fsp3) is 0.438. The number of benzene rings is 1. The van der Waals surface area contributed by atoms with Crippen LogP contribution in [-0.4, -0.2) is 39.8 Å². The number of carbonyl (C=O) groups excluding carboxylic acids is 1. The minimum atomic E-state index is -0.501. The van der Waals surface area contributed by atoms with Gasteiger partial charge in [-0.1, -0.05) is 0 Å². The van der Waals surface area contributed by atoms with Crippen molar-refractivity contribution in [3.05, 3.63) is 41.2 Å². The van der Waals surface area contributed by atoms with Gasteiger partial charge in [-0.2, -0.15) is 4.37 Å². The van der Waals surface area contributed by atoms with Crippen molar-refractivity contribution in [3.8, 4) is 0 Å². The Morgan fingerprint density at radius 1 is 1.25 bits per heavy atom. The van der Waals surface area contributed by atoms with Gasteiger partial charge < -0.3 is 9.80 Å². The number of piperazine rings is 1. The molecule has 0 radical (unpaired) electrons. The average molecular weight is 350 g/mol. The summed E-state index contributed by atoms with van der Waals surface area (Å²) in [6.45, 7) is 1.34. The Bertz CT molecular complexity index is 777. The van der Waals surface area contributed by atoms with Crippen LogP contribution in [0.25, 0.3) is 0 Å². The smallest absolute Gasteiger partial charge is 0.242 e. The number of anilines is 1. The Morgan fingerprint density at radius 3 is 2.83 bits per heavy atom. The summed E-state index contributed by atoms with van der Waals surface area (Å²) >= 11 is 1.32. The number of aromatic nitrogens is 2. The van der Waals surface area contributed by atoms with Gasteiger partial charge in [-0.3, -0.25) is 4.79 Å². The van der Waals surface area contributed by atoms with E-state index >= 15 is 0 Å². The monoisotopic (exact) mass is 350 g/mol. The highest BCUT2D eigenvalue weighted by molar-refractivity contribution is 7.09. The van der Waals surface area contributed by atoms with Gasteiger partial charge >= 0.3 is 0 Å². The predicted molar refractivity (Wildman–Crippen MR) is 85.9 cm³/mol. The van der Waals surface area contributed by atoms with Crippen LogP contribution in [0.2, 0.25) is 0 Å². The van der Waals surface area contributed by atoms with E-state index in [1.807, 2.05) is 4.90 Å². The second-order valence-corrected chi connectivity index (χ2v) is 6.91. The predicted octanol–water partition coefficient (Wildman–Crippen LogP) is 2.54. The molecule has 0 bridgehead atoms. The van der Waals surface area contributed by atoms with Gasteiger partial charge in [0.05, 0.1) is 6.54 Å². The van der Waals surface area contributed by atoms with E-state index in [4.69, 9.17) is 0 Å². The maximum absolute atomic E-state index is 13.7. The first-order chi connectivity index (χ1) is 11.6. The molecule has 1 aliphatic heterocycles. The van der Waals surface area contributed by atoms with Crippen LogP contribution in [0.4, 0.5) is 13.9 Å². The highest BCUT2D eigenvalue weighted by atomic mass is 32.1. The second kappa shape index (κ2) is 6.08. The normalized spacial score (nSPS) is 18.3. The van der Waals surface area contributed by atoms with E-state index in [2.05, 4.69) is 9.36 Å². The number of hydrogen-bond acceptors (Lipinski definition) is 5. The molecule has 2 aliphatic rings. The highest BCUT2D eigenvalue weighted by Gasteiger charge is 2.31. The van der Waals surface area contributed by atoms with E-state index in [1.54, 1.807) is 4.90 Å². The molecule has 2 heterocycles. The fourth-order valence-corrected chi connectivity index (χ4v) is 3.54. The number of halogens is 2. The van der Waals surface area contributed by atoms with Crippen LogP contribution in [0, 0.1) is 11.6 Å². The summed E-state index contributed by atoms with van der Waals surface area (Å²) in [7, 11) is 0. The van der Waals surface area contributed by atoms with Gasteiger partial charge in [0.1, 0.15) is 17.5 Å². The van der Waals surface area contributed by atoms with Gasteiger partial charge in [0.15, 0.2) is 0 Å². The Labute approximate surface area is 142 Å². The SMILES string of the molecule is O=C1CN(c2nc(C3CC3)ns2)CCN1Cc1cc(F)ccc1F. The summed E-state index contributed by atoms with van der Waals surface area (Å²) in [5.74, 6) is 0.256. The molecule has 2 aromatic rings. The number of amides is 1. The lowest BCUT2D eigenvalue weighted by atomic mass is 10.1. The standard InChI is InChI=1S/C16H16F2N4OS/c17-12-3-4-13(18)11(7-12)8-21-5-6-22(9-14(21)23)16-19-15(20-24-16)10-1-2-10/h3-4,7,10H,1-2,5-6,8-9H2. The third-order valence-electron chi connectivity index (χ3n) is 4.33. The molecule has 2 fully saturated rings. The van der Waals surface area contributed by atoms with Crippen LogP contribution >= 0.6 is 11.5 Å². The Morgan fingerprint density at radius 2 is 2.08 bits per heavy atom. The first kappa shape index (κ1) is 15.4. The lowest BCUT2D eigenvalue weighted by molar-refractivity contribution is -0.131. The van der Waals surface area contributed by atoms with Crippen molar-refractivity contribution in [3.63, 3.8) is 0 Å². The Hall–Kier alpha value is -2.09. The molecule has 24 heavy (non-hydrogen) atoms. The fourth-order valence-electron chi connectivity index (χ4n) is 2.77. The van der Waals surface area contributed by atoms with Crippen LogP contribution in [0.15, 0.2) is 18.2 Å². The zero-order valence-electron chi connectivity index (χ0n) is 12.9. The minimum absolute atomic E-state index is 0.0830. The summed E-state index contributed by atoms with van der Waals surface area (Å²) in [5, 5.41) is 0.766. The highest BCUT2D eigenvalue weighted by Crippen LogP contribution is 2.39. The number of hydrogen-bond donors (Lipinski definition) is 0. The van der Waals surface area contributed by atoms with Crippen LogP contribution in [0.5, 0.6) is 0 Å². The van der Waals surface area contributed by atoms with Crippen molar-refractivity contribution in [2.75, 3.05) is 24.5 Å². The van der Waals surface area contributed by atoms with Gasteiger partial charge in [0, 0.05) is 42.6 Å². The van der Waals surface area contributed by atoms with E-state index in [0.717, 1.165) is 42.0 Å². The van der Waals surface area contributed by atoms with Crippen molar-refractivity contribution >= 4 is 22.6 Å². The molecule has 1 saturated carbocycles. The molecular weight excluding hydrogens is 334 g/mol. The Kier molecular flexibility index (Phi) is 3.91. The first-order valence-electron chi connectivity index (χ1n) is 7.90. The summed E-state index contributed by atoms with van der Waals surface area (Å²) in [5.41, 5.74) is 0.198. The Balaban J connectivity index is 1.42. The van der Waals surface area contributed by atoms with Gasteiger partial charge in [-0.05, 0) is 31.0 Å². The van der Waals surface area contributed by atoms with Crippen molar-refractivity contribution in [2.45, 2.75) is 25.3 Å². The van der Waals surface area contributed by atoms with Crippen LogP contribution in [0.3, 0.4) is 0 Å². The van der Waals surface area contributed by atoms with Crippen LogP contribution < -0.4 is 4.90 Å². The van der Waals surface area contributed by atoms with Crippen molar-refractivity contribution in [1.29, 1.82) is 0 Å². The number of nitrogens with zero attached hydrogens (tertiary/aromatic N) is 4. The maximum Gasteiger partial charge on any atom is 0.242 e. The average Bonchev–Trinajstić information content (AvgIpc) is 3.30. The quantitative estimate of drug-likeness (QED) is 0.850. The van der Waals surface area contributed by atoms with Gasteiger partial charge in [-0.25, -0.2) is 13.8 Å². The zero-order valence-corrected chi connectivity index (χ0v) is 13.7. The van der Waals surface area contributed by atoms with Gasteiger partial charge in [0.25, 0.3) is 0 Å². The molecule has 1 aromatic heterocycles. The number of rotatable bonds is 4. The molecule has 1 amide bonds. The molecule has 126 valence electrons. The third-order valence-corrected chi connectivity index (χ3v) is 5.12. The van der Waals surface area contributed by atoms with E-state index < -0.39 is 11.6 Å². The third kappa shape index (κ3) is 3.10. The largest absolute Gasteiger partial charge is 0.336 e. The van der Waals surface area contributed by atoms with Crippen LogP contribution in [-0.2, 0) is 11.3 Å². The van der Waals surface area contributed by atoms with Crippen molar-refractivity contribution in [1.82, 2.24) is 14.3 Å². The lowest BCUT2D eigenvalue weighted by Gasteiger charge is -2.34. The molecule has 0 spiro atoms. The summed E-state index contributed by atoms with van der Waals surface area (Å²) in [6.07, 6.45) is 2.28. The van der Waals surface area contributed by atoms with Gasteiger partial charge in [0.2, 0.25) is 11.0 Å². The van der Waals surface area contributed by atoms with Crippen LogP contribution in [0.1, 0.15) is 30.1 Å². The molecule has 0 unspecified atom stereocenters. The first-order valence-corrected chi connectivity index (χ1v) is 8.68. The molecule has 1 aliphatic carbocycles. The summed E-state index contributed by atoms with van der Waals surface area (Å²) in [4.78, 5) is 20.3. The maximum atomic E-state index is 13.7. The summed E-state index contributed by atoms with van der Waals surface area (Å²) in [6, 6.07) is 3.30.